The van der Waals surface area contributed by atoms with Crippen molar-refractivity contribution in [3.05, 3.63) is 0 Å². The predicted molar refractivity (Wildman–Crippen MR) is 92.2 cm³/mol. The zero-order chi connectivity index (χ0) is 15.9. The van der Waals surface area contributed by atoms with E-state index in [1.54, 1.807) is 0 Å². The number of rotatable bonds is 6. The first kappa shape index (κ1) is 19.7. The fraction of sp³-hybridized carbons (Fsp3) is 0.867. The monoisotopic (exact) mass is 319 g/mol. The van der Waals surface area contributed by atoms with Crippen LogP contribution >= 0.6 is 24.0 Å². The summed E-state index contributed by atoms with van der Waals surface area (Å²) in [5.41, 5.74) is -0.185. The number of nitrogens with zero attached hydrogens (tertiary/aromatic N) is 1. The van der Waals surface area contributed by atoms with Crippen LogP contribution in [-0.4, -0.2) is 40.1 Å². The van der Waals surface area contributed by atoms with Gasteiger partial charge in [0, 0.05) is 13.1 Å². The fourth-order valence-electron chi connectivity index (χ4n) is 1.56. The Kier molecular flexibility index (Phi) is 8.75. The molecule has 1 atom stereocenters. The number of thiocarbonyl (C=S) groups is 1. The average Bonchev–Trinajstić information content (AvgIpc) is 2.33. The van der Waals surface area contributed by atoms with Gasteiger partial charge >= 0.3 is 5.97 Å². The number of carbonyl (C=O) groups is 1. The Balaban J connectivity index is 4.82. The quantitative estimate of drug-likeness (QED) is 0.546. The van der Waals surface area contributed by atoms with Crippen LogP contribution in [0.3, 0.4) is 0 Å². The standard InChI is InChI=1S/C15H29NO2S2/c1-8-16(9-2)14(19)20-12(15(5,6)7)13(17)18-10-11(3)4/h11-12H,8-10H2,1-7H3. The first-order chi connectivity index (χ1) is 9.13. The highest BCUT2D eigenvalue weighted by molar-refractivity contribution is 8.23. The van der Waals surface area contributed by atoms with Crippen LogP contribution < -0.4 is 0 Å². The largest absolute Gasteiger partial charge is 0.465 e. The summed E-state index contributed by atoms with van der Waals surface area (Å²) < 4.78 is 6.18. The SMILES string of the molecule is CCN(CC)C(=S)SC(C(=O)OCC(C)C)C(C)(C)C. The second-order valence-corrected chi connectivity index (χ2v) is 8.06. The lowest BCUT2D eigenvalue weighted by Crippen LogP contribution is -2.37. The zero-order valence-electron chi connectivity index (χ0n) is 13.9. The lowest BCUT2D eigenvalue weighted by Gasteiger charge is -2.31. The van der Waals surface area contributed by atoms with E-state index in [-0.39, 0.29) is 16.6 Å². The molecule has 0 fully saturated rings. The Bertz CT molecular complexity index is 320. The molecule has 0 aliphatic rings. The normalized spacial score (nSPS) is 13.2. The van der Waals surface area contributed by atoms with Gasteiger partial charge in [-0.3, -0.25) is 4.79 Å². The molecular formula is C15H29NO2S2. The molecule has 0 aliphatic heterocycles. The minimum Gasteiger partial charge on any atom is -0.465 e. The summed E-state index contributed by atoms with van der Waals surface area (Å²) in [6, 6.07) is 0. The molecule has 0 aliphatic carbocycles. The van der Waals surface area contributed by atoms with Gasteiger partial charge in [-0.1, -0.05) is 58.6 Å². The summed E-state index contributed by atoms with van der Waals surface area (Å²) in [4.78, 5) is 14.4. The molecule has 5 heteroatoms. The molecule has 0 saturated carbocycles. The highest BCUT2D eigenvalue weighted by Crippen LogP contribution is 2.33. The number of carbonyl (C=O) groups excluding carboxylic acids is 1. The molecule has 0 spiro atoms. The molecule has 0 aromatic heterocycles. The molecule has 0 bridgehead atoms. The first-order valence-electron chi connectivity index (χ1n) is 7.25. The van der Waals surface area contributed by atoms with E-state index in [9.17, 15) is 4.79 Å². The van der Waals surface area contributed by atoms with Gasteiger partial charge in [0.2, 0.25) is 0 Å². The molecule has 3 nitrogen and oxygen atoms in total. The van der Waals surface area contributed by atoms with E-state index < -0.39 is 0 Å². The predicted octanol–water partition coefficient (Wildman–Crippen LogP) is 3.96. The van der Waals surface area contributed by atoms with Gasteiger partial charge in [0.05, 0.1) is 6.61 Å². The summed E-state index contributed by atoms with van der Waals surface area (Å²) in [6.07, 6.45) is 0. The van der Waals surface area contributed by atoms with Crippen LogP contribution in [0.25, 0.3) is 0 Å². The van der Waals surface area contributed by atoms with Crippen LogP contribution in [0.15, 0.2) is 0 Å². The van der Waals surface area contributed by atoms with Crippen molar-refractivity contribution in [1.82, 2.24) is 4.90 Å². The third-order valence-electron chi connectivity index (χ3n) is 2.80. The lowest BCUT2D eigenvalue weighted by molar-refractivity contribution is -0.145. The number of thioether (sulfide) groups is 1. The Hall–Kier alpha value is -0.290. The lowest BCUT2D eigenvalue weighted by atomic mass is 9.92. The molecule has 0 heterocycles. The summed E-state index contributed by atoms with van der Waals surface area (Å²) in [5, 5.41) is -0.269. The van der Waals surface area contributed by atoms with Crippen molar-refractivity contribution < 1.29 is 9.53 Å². The van der Waals surface area contributed by atoms with Crippen molar-refractivity contribution in [2.24, 2.45) is 11.3 Å². The van der Waals surface area contributed by atoms with Crippen LogP contribution in [0.2, 0.25) is 0 Å². The molecule has 0 rings (SSSR count). The van der Waals surface area contributed by atoms with Crippen LogP contribution in [0.5, 0.6) is 0 Å². The summed E-state index contributed by atoms with van der Waals surface area (Å²) >= 11 is 6.91. The maximum Gasteiger partial charge on any atom is 0.320 e. The van der Waals surface area contributed by atoms with Crippen molar-refractivity contribution in [3.8, 4) is 0 Å². The highest BCUT2D eigenvalue weighted by Gasteiger charge is 2.35. The van der Waals surface area contributed by atoms with Crippen molar-refractivity contribution in [3.63, 3.8) is 0 Å². The van der Waals surface area contributed by atoms with Gasteiger partial charge in [-0.25, -0.2) is 0 Å². The molecule has 0 radical (unpaired) electrons. The summed E-state index contributed by atoms with van der Waals surface area (Å²) in [7, 11) is 0. The maximum atomic E-state index is 12.3. The topological polar surface area (TPSA) is 29.5 Å². The Labute approximate surface area is 133 Å². The molecule has 0 aromatic carbocycles. The molecule has 0 saturated heterocycles. The molecule has 20 heavy (non-hydrogen) atoms. The Morgan fingerprint density at radius 3 is 2.10 bits per heavy atom. The van der Waals surface area contributed by atoms with E-state index in [0.717, 1.165) is 17.4 Å². The first-order valence-corrected chi connectivity index (χ1v) is 8.54. The molecular weight excluding hydrogens is 290 g/mol. The van der Waals surface area contributed by atoms with Crippen LogP contribution in [-0.2, 0) is 9.53 Å². The second-order valence-electron chi connectivity index (χ2n) is 6.33. The van der Waals surface area contributed by atoms with Crippen molar-refractivity contribution in [2.45, 2.75) is 53.7 Å². The van der Waals surface area contributed by atoms with Crippen molar-refractivity contribution >= 4 is 34.3 Å². The molecule has 0 N–H and O–H groups in total. The van der Waals surface area contributed by atoms with E-state index in [0.29, 0.717) is 12.5 Å². The number of ether oxygens (including phenoxy) is 1. The summed E-state index contributed by atoms with van der Waals surface area (Å²) in [5.74, 6) is 0.185. The second kappa shape index (κ2) is 8.88. The smallest absolute Gasteiger partial charge is 0.320 e. The minimum absolute atomic E-state index is 0.161. The van der Waals surface area contributed by atoms with Gasteiger partial charge in [-0.15, -0.1) is 0 Å². The molecule has 0 amide bonds. The average molecular weight is 320 g/mol. The number of esters is 1. The van der Waals surface area contributed by atoms with Crippen LogP contribution in [0.1, 0.15) is 48.5 Å². The zero-order valence-corrected chi connectivity index (χ0v) is 15.5. The molecule has 1 unspecified atom stereocenters. The van der Waals surface area contributed by atoms with Gasteiger partial charge < -0.3 is 9.64 Å². The van der Waals surface area contributed by atoms with Gasteiger partial charge in [0.15, 0.2) is 0 Å². The molecule has 118 valence electrons. The van der Waals surface area contributed by atoms with E-state index >= 15 is 0 Å². The third kappa shape index (κ3) is 6.93. The fourth-order valence-corrected chi connectivity index (χ4v) is 3.23. The number of hydrogen-bond acceptors (Lipinski definition) is 4. The third-order valence-corrected chi connectivity index (χ3v) is 4.94. The van der Waals surface area contributed by atoms with Gasteiger partial charge in [0.25, 0.3) is 0 Å². The van der Waals surface area contributed by atoms with Gasteiger partial charge in [-0.05, 0) is 25.2 Å². The van der Waals surface area contributed by atoms with E-state index in [1.165, 1.54) is 11.8 Å². The van der Waals surface area contributed by atoms with Gasteiger partial charge in [0.1, 0.15) is 9.57 Å². The van der Waals surface area contributed by atoms with E-state index in [2.05, 4.69) is 18.7 Å². The maximum absolute atomic E-state index is 12.3. The highest BCUT2D eigenvalue weighted by atomic mass is 32.2. The van der Waals surface area contributed by atoms with Gasteiger partial charge in [-0.2, -0.15) is 0 Å². The Morgan fingerprint density at radius 2 is 1.75 bits per heavy atom. The van der Waals surface area contributed by atoms with Crippen molar-refractivity contribution in [2.75, 3.05) is 19.7 Å². The van der Waals surface area contributed by atoms with E-state index in [4.69, 9.17) is 17.0 Å². The van der Waals surface area contributed by atoms with Crippen LogP contribution in [0, 0.1) is 11.3 Å². The number of hydrogen-bond donors (Lipinski definition) is 0. The minimum atomic E-state index is -0.269. The summed E-state index contributed by atoms with van der Waals surface area (Å²) in [6.45, 7) is 16.5. The van der Waals surface area contributed by atoms with E-state index in [1.807, 2.05) is 34.6 Å². The Morgan fingerprint density at radius 1 is 1.25 bits per heavy atom. The van der Waals surface area contributed by atoms with Crippen LogP contribution in [0.4, 0.5) is 0 Å². The molecule has 0 aromatic rings. The van der Waals surface area contributed by atoms with Crippen molar-refractivity contribution in [1.29, 1.82) is 0 Å².